The van der Waals surface area contributed by atoms with E-state index in [0.717, 1.165) is 11.3 Å². The molecule has 0 aliphatic rings. The van der Waals surface area contributed by atoms with Crippen molar-refractivity contribution in [2.45, 2.75) is 32.9 Å². The van der Waals surface area contributed by atoms with Crippen molar-refractivity contribution in [1.29, 1.82) is 0 Å². The minimum Gasteiger partial charge on any atom is -0.494 e. The largest absolute Gasteiger partial charge is 0.494 e. The standard InChI is InChI=1S/C13H19NO3/c1-4-17-12-7-5-6-11(8-12)13(9(2)15)14-10(3)16/h5-9,13,15H,4H2,1-3H3,(H,14,16)/t9-,13+/m0/s1. The Bertz CT molecular complexity index is 377. The van der Waals surface area contributed by atoms with Gasteiger partial charge in [0.05, 0.1) is 18.8 Å². The molecular formula is C13H19NO3. The van der Waals surface area contributed by atoms with E-state index in [4.69, 9.17) is 4.74 Å². The minimum atomic E-state index is -0.657. The first-order chi connectivity index (χ1) is 8.04. The molecule has 0 fully saturated rings. The fraction of sp³-hybridized carbons (Fsp3) is 0.462. The first kappa shape index (κ1) is 13.5. The third kappa shape index (κ3) is 4.07. The van der Waals surface area contributed by atoms with Crippen LogP contribution in [0.15, 0.2) is 24.3 Å². The van der Waals surface area contributed by atoms with Gasteiger partial charge < -0.3 is 15.2 Å². The Labute approximate surface area is 102 Å². The number of nitrogens with one attached hydrogen (secondary N) is 1. The number of carbonyl (C=O) groups excluding carboxylic acids is 1. The summed E-state index contributed by atoms with van der Waals surface area (Å²) in [5.74, 6) is 0.568. The van der Waals surface area contributed by atoms with Gasteiger partial charge in [-0.2, -0.15) is 0 Å². The quantitative estimate of drug-likeness (QED) is 0.818. The highest BCUT2D eigenvalue weighted by molar-refractivity contribution is 5.73. The third-order valence-corrected chi connectivity index (χ3v) is 2.37. The molecular weight excluding hydrogens is 218 g/mol. The van der Waals surface area contributed by atoms with E-state index in [1.165, 1.54) is 6.92 Å². The molecule has 1 amide bonds. The highest BCUT2D eigenvalue weighted by atomic mass is 16.5. The maximum absolute atomic E-state index is 11.1. The van der Waals surface area contributed by atoms with Gasteiger partial charge in [0.25, 0.3) is 0 Å². The van der Waals surface area contributed by atoms with Crippen LogP contribution in [0.2, 0.25) is 0 Å². The number of carbonyl (C=O) groups is 1. The van der Waals surface area contributed by atoms with Crippen LogP contribution < -0.4 is 10.1 Å². The molecule has 94 valence electrons. The normalized spacial score (nSPS) is 13.9. The van der Waals surface area contributed by atoms with Gasteiger partial charge in [-0.3, -0.25) is 4.79 Å². The number of amides is 1. The van der Waals surface area contributed by atoms with Crippen LogP contribution in [0, 0.1) is 0 Å². The van der Waals surface area contributed by atoms with E-state index < -0.39 is 12.1 Å². The molecule has 0 aromatic heterocycles. The van der Waals surface area contributed by atoms with E-state index in [2.05, 4.69) is 5.32 Å². The zero-order valence-corrected chi connectivity index (χ0v) is 10.4. The van der Waals surface area contributed by atoms with Crippen molar-refractivity contribution in [3.05, 3.63) is 29.8 Å². The summed E-state index contributed by atoms with van der Waals surface area (Å²) in [6.45, 7) is 5.57. The molecule has 1 aromatic rings. The van der Waals surface area contributed by atoms with Crippen molar-refractivity contribution >= 4 is 5.91 Å². The van der Waals surface area contributed by atoms with Gasteiger partial charge >= 0.3 is 0 Å². The molecule has 4 heteroatoms. The predicted octanol–water partition coefficient (Wildman–Crippen LogP) is 1.64. The highest BCUT2D eigenvalue weighted by Crippen LogP contribution is 2.22. The predicted molar refractivity (Wildman–Crippen MR) is 65.8 cm³/mol. The Morgan fingerprint density at radius 2 is 2.24 bits per heavy atom. The SMILES string of the molecule is CCOc1cccc([C@H](NC(C)=O)[C@H](C)O)c1. The molecule has 1 aromatic carbocycles. The Hall–Kier alpha value is -1.55. The number of aliphatic hydroxyl groups excluding tert-OH is 1. The molecule has 0 bridgehead atoms. The summed E-state index contributed by atoms with van der Waals surface area (Å²) in [6, 6.07) is 6.97. The molecule has 2 N–H and O–H groups in total. The molecule has 0 spiro atoms. The van der Waals surface area contributed by atoms with Gasteiger partial charge in [-0.05, 0) is 31.5 Å². The minimum absolute atomic E-state index is 0.169. The van der Waals surface area contributed by atoms with Gasteiger partial charge in [-0.1, -0.05) is 12.1 Å². The summed E-state index contributed by atoms with van der Waals surface area (Å²) in [4.78, 5) is 11.1. The zero-order chi connectivity index (χ0) is 12.8. The van der Waals surface area contributed by atoms with Crippen molar-refractivity contribution in [2.24, 2.45) is 0 Å². The van der Waals surface area contributed by atoms with E-state index in [1.807, 2.05) is 31.2 Å². The fourth-order valence-corrected chi connectivity index (χ4v) is 1.67. The van der Waals surface area contributed by atoms with Crippen LogP contribution >= 0.6 is 0 Å². The third-order valence-electron chi connectivity index (χ3n) is 2.37. The molecule has 0 unspecified atom stereocenters. The first-order valence-electron chi connectivity index (χ1n) is 5.72. The lowest BCUT2D eigenvalue weighted by atomic mass is 10.0. The van der Waals surface area contributed by atoms with Gasteiger partial charge in [-0.15, -0.1) is 0 Å². The topological polar surface area (TPSA) is 58.6 Å². The molecule has 0 aliphatic heterocycles. The maximum atomic E-state index is 11.1. The number of hydrogen-bond acceptors (Lipinski definition) is 3. The van der Waals surface area contributed by atoms with E-state index in [9.17, 15) is 9.90 Å². The number of hydrogen-bond donors (Lipinski definition) is 2. The number of ether oxygens (including phenoxy) is 1. The van der Waals surface area contributed by atoms with Gasteiger partial charge in [0.15, 0.2) is 0 Å². The summed E-state index contributed by atoms with van der Waals surface area (Å²) < 4.78 is 5.39. The lowest BCUT2D eigenvalue weighted by molar-refractivity contribution is -0.120. The Kier molecular flexibility index (Phi) is 4.97. The monoisotopic (exact) mass is 237 g/mol. The second-order valence-corrected chi connectivity index (χ2v) is 3.92. The van der Waals surface area contributed by atoms with Crippen molar-refractivity contribution in [3.8, 4) is 5.75 Å². The molecule has 4 nitrogen and oxygen atoms in total. The van der Waals surface area contributed by atoms with Crippen LogP contribution in [-0.4, -0.2) is 23.7 Å². The average Bonchev–Trinajstić information content (AvgIpc) is 2.26. The molecule has 0 aliphatic carbocycles. The molecule has 0 heterocycles. The maximum Gasteiger partial charge on any atom is 0.217 e. The lowest BCUT2D eigenvalue weighted by Crippen LogP contribution is -2.33. The fourth-order valence-electron chi connectivity index (χ4n) is 1.67. The molecule has 0 saturated heterocycles. The van der Waals surface area contributed by atoms with Crippen LogP contribution in [0.3, 0.4) is 0 Å². The van der Waals surface area contributed by atoms with E-state index in [-0.39, 0.29) is 5.91 Å². The molecule has 1 rings (SSSR count). The summed E-state index contributed by atoms with van der Waals surface area (Å²) in [5.41, 5.74) is 0.834. The average molecular weight is 237 g/mol. The van der Waals surface area contributed by atoms with Gasteiger partial charge in [-0.25, -0.2) is 0 Å². The van der Waals surface area contributed by atoms with Crippen LogP contribution in [0.4, 0.5) is 0 Å². The van der Waals surface area contributed by atoms with Crippen molar-refractivity contribution in [3.63, 3.8) is 0 Å². The Balaban J connectivity index is 2.93. The molecule has 0 saturated carbocycles. The summed E-state index contributed by atoms with van der Waals surface area (Å²) in [7, 11) is 0. The van der Waals surface area contributed by atoms with Crippen molar-refractivity contribution in [1.82, 2.24) is 5.32 Å². The summed E-state index contributed by atoms with van der Waals surface area (Å²) in [6.07, 6.45) is -0.657. The molecule has 17 heavy (non-hydrogen) atoms. The second-order valence-electron chi connectivity index (χ2n) is 3.92. The van der Waals surface area contributed by atoms with E-state index >= 15 is 0 Å². The summed E-state index contributed by atoms with van der Waals surface area (Å²) in [5, 5.41) is 12.4. The summed E-state index contributed by atoms with van der Waals surface area (Å²) >= 11 is 0. The van der Waals surface area contributed by atoms with Crippen LogP contribution in [0.25, 0.3) is 0 Å². The van der Waals surface area contributed by atoms with Crippen LogP contribution in [0.5, 0.6) is 5.75 Å². The Morgan fingerprint density at radius 1 is 1.53 bits per heavy atom. The highest BCUT2D eigenvalue weighted by Gasteiger charge is 2.18. The van der Waals surface area contributed by atoms with Crippen molar-refractivity contribution < 1.29 is 14.6 Å². The van der Waals surface area contributed by atoms with E-state index in [1.54, 1.807) is 6.92 Å². The first-order valence-corrected chi connectivity index (χ1v) is 5.72. The Morgan fingerprint density at radius 3 is 2.76 bits per heavy atom. The smallest absolute Gasteiger partial charge is 0.217 e. The second kappa shape index (κ2) is 6.25. The zero-order valence-electron chi connectivity index (χ0n) is 10.4. The van der Waals surface area contributed by atoms with Gasteiger partial charge in [0.1, 0.15) is 5.75 Å². The van der Waals surface area contributed by atoms with Crippen LogP contribution in [-0.2, 0) is 4.79 Å². The number of rotatable bonds is 5. The number of benzene rings is 1. The number of aliphatic hydroxyl groups is 1. The van der Waals surface area contributed by atoms with Gasteiger partial charge in [0.2, 0.25) is 5.91 Å². The van der Waals surface area contributed by atoms with Gasteiger partial charge in [0, 0.05) is 6.92 Å². The van der Waals surface area contributed by atoms with Crippen LogP contribution in [0.1, 0.15) is 32.4 Å². The lowest BCUT2D eigenvalue weighted by Gasteiger charge is -2.21. The molecule has 0 radical (unpaired) electrons. The van der Waals surface area contributed by atoms with E-state index in [0.29, 0.717) is 6.61 Å². The molecule has 2 atom stereocenters. The van der Waals surface area contributed by atoms with Crippen molar-refractivity contribution in [2.75, 3.05) is 6.61 Å².